The number of halogens is 4. The van der Waals surface area contributed by atoms with Crippen molar-refractivity contribution < 1.29 is 42.1 Å². The van der Waals surface area contributed by atoms with Crippen molar-refractivity contribution in [2.75, 3.05) is 0 Å². The summed E-state index contributed by atoms with van der Waals surface area (Å²) < 4.78 is 0. The molecule has 0 aromatic carbocycles. The van der Waals surface area contributed by atoms with E-state index in [9.17, 15) is 0 Å². The molecule has 0 spiro atoms. The molecule has 0 saturated carbocycles. The Labute approximate surface area is 196 Å². The first-order valence-corrected chi connectivity index (χ1v) is 16.6. The van der Waals surface area contributed by atoms with E-state index in [0.717, 1.165) is 12.8 Å². The average molecular weight is 549 g/mol. The molecule has 0 aromatic rings. The van der Waals surface area contributed by atoms with Crippen LogP contribution < -0.4 is 0 Å². The third-order valence-corrected chi connectivity index (χ3v) is 4.00. The summed E-state index contributed by atoms with van der Waals surface area (Å²) in [6.07, 6.45) is 20.5. The molecule has 0 unspecified atom stereocenters. The molecule has 0 aromatic heterocycles. The zero-order valence-electron chi connectivity index (χ0n) is 16.5. The Morgan fingerprint density at radius 3 is 1.07 bits per heavy atom. The number of carboxylic acid groups (broad SMARTS) is 1. The van der Waals surface area contributed by atoms with Crippen molar-refractivity contribution in [2.45, 2.75) is 110 Å². The summed E-state index contributed by atoms with van der Waals surface area (Å²) in [5, 5.41) is 8.63. The van der Waals surface area contributed by atoms with E-state index in [-0.39, 0.29) is 32.2 Å². The van der Waals surface area contributed by atoms with E-state index in [4.69, 9.17) is 50.1 Å². The minimum atomic E-state index is -0.403. The number of hydrogen-bond acceptors (Lipinski definition) is 0. The first kappa shape index (κ1) is 36.1. The van der Waals surface area contributed by atoms with Crippen LogP contribution in [0.1, 0.15) is 110 Å². The molecule has 0 aliphatic carbocycles. The fourth-order valence-corrected chi connectivity index (χ4v) is 2.65. The second kappa shape index (κ2) is 38.3. The van der Waals surface area contributed by atoms with Gasteiger partial charge < -0.3 is 15.4 Å². The molecule has 9 heteroatoms. The molecule has 27 heavy (non-hydrogen) atoms. The molecule has 0 aliphatic rings. The van der Waals surface area contributed by atoms with Crippen LogP contribution in [0.4, 0.5) is 0 Å². The molecule has 168 valence electrons. The van der Waals surface area contributed by atoms with Gasteiger partial charge in [-0.3, -0.25) is 0 Å². The number of aliphatic hydroxyl groups excluding tert-OH is 1. The second-order valence-electron chi connectivity index (χ2n) is 6.23. The van der Waals surface area contributed by atoms with E-state index in [1.807, 2.05) is 0 Å². The fraction of sp³-hybridized carbons (Fsp3) is 0.944. The Hall–Kier alpha value is 1.65. The molecule has 0 aliphatic heterocycles. The minimum absolute atomic E-state index is 0. The number of unbranched alkanes of at least 4 members (excludes halogenated alkanes) is 14. The van der Waals surface area contributed by atoms with Crippen LogP contribution in [0.15, 0.2) is 0 Å². The van der Waals surface area contributed by atoms with Crippen LogP contribution >= 0.6 is 40.2 Å². The summed E-state index contributed by atoms with van der Waals surface area (Å²) in [5.74, 6) is -0.403. The molecule has 0 bridgehead atoms. The van der Waals surface area contributed by atoms with E-state index in [1.54, 1.807) is 0 Å². The zero-order valence-corrected chi connectivity index (χ0v) is 22.1. The number of rotatable bonds is 16. The zero-order chi connectivity index (χ0) is 20.3. The van der Waals surface area contributed by atoms with Crippen molar-refractivity contribution in [3.8, 4) is 0 Å². The van der Waals surface area contributed by atoms with Gasteiger partial charge in [0.2, 0.25) is 0 Å². The van der Waals surface area contributed by atoms with Gasteiger partial charge in [-0.15, -0.1) is 0 Å². The second-order valence-corrected chi connectivity index (χ2v) is 10.4. The van der Waals surface area contributed by atoms with E-state index < -0.39 is 5.97 Å². The van der Waals surface area contributed by atoms with Gasteiger partial charge in [-0.1, -0.05) is 96.8 Å². The topological polar surface area (TPSA) is 73.1 Å². The SMILES string of the molecule is CCCCCCCCCCCCCCCCCC(O)=[OH+].O.[Cl][Cr][Cl].[Cl][Cr][Cl]. The van der Waals surface area contributed by atoms with Crippen LogP contribution in [0.25, 0.3) is 0 Å². The molecule has 0 amide bonds. The Balaban J connectivity index is -0.000000331. The van der Waals surface area contributed by atoms with E-state index in [0.29, 0.717) is 6.42 Å². The summed E-state index contributed by atoms with van der Waals surface area (Å²) in [6.45, 7) is 2.27. The number of carboxylic acids is 1. The quantitative estimate of drug-likeness (QED) is 0.153. The van der Waals surface area contributed by atoms with Gasteiger partial charge in [0.25, 0.3) is 0 Å². The molecule has 4 N–H and O–H groups in total. The van der Waals surface area contributed by atoms with Gasteiger partial charge in [0, 0.05) is 0 Å². The molecular formula is C18H39Cl4Cr2O3+. The third-order valence-electron chi connectivity index (χ3n) is 4.00. The van der Waals surface area contributed by atoms with Gasteiger partial charge in [0.05, 0.1) is 0 Å². The van der Waals surface area contributed by atoms with Crippen molar-refractivity contribution in [1.82, 2.24) is 0 Å². The van der Waals surface area contributed by atoms with Crippen LogP contribution in [-0.4, -0.2) is 21.3 Å². The Morgan fingerprint density at radius 2 is 0.852 bits per heavy atom. The summed E-state index contributed by atoms with van der Waals surface area (Å²) >= 11 is -0.361. The number of aliphatic carboxylic acids is 1. The van der Waals surface area contributed by atoms with Crippen molar-refractivity contribution in [3.05, 3.63) is 0 Å². The Kier molecular flexibility index (Phi) is 51.1. The van der Waals surface area contributed by atoms with Crippen molar-refractivity contribution in [1.29, 1.82) is 0 Å². The monoisotopic (exact) mass is 547 g/mol. The summed E-state index contributed by atoms with van der Waals surface area (Å²) in [4.78, 5) is 8.63. The fourth-order valence-electron chi connectivity index (χ4n) is 2.65. The van der Waals surface area contributed by atoms with Gasteiger partial charge in [0.15, 0.2) is 0 Å². The maximum absolute atomic E-state index is 8.63. The summed E-state index contributed by atoms with van der Waals surface area (Å²) in [6, 6.07) is 0. The first-order valence-electron chi connectivity index (χ1n) is 9.63. The van der Waals surface area contributed by atoms with Gasteiger partial charge in [-0.25, -0.2) is 0 Å². The third kappa shape index (κ3) is 52.3. The van der Waals surface area contributed by atoms with Gasteiger partial charge in [-0.2, -0.15) is 0 Å². The van der Waals surface area contributed by atoms with E-state index >= 15 is 0 Å². The normalized spacial score (nSPS) is 9.37. The summed E-state index contributed by atoms with van der Waals surface area (Å²) in [5.41, 5.74) is 0. The Bertz CT molecular complexity index is 253. The van der Waals surface area contributed by atoms with Crippen LogP contribution in [0.3, 0.4) is 0 Å². The van der Waals surface area contributed by atoms with Gasteiger partial charge >= 0.3 is 72.9 Å². The molecule has 0 heterocycles. The summed E-state index contributed by atoms with van der Waals surface area (Å²) in [7, 11) is 19.3. The van der Waals surface area contributed by atoms with Crippen LogP contribution in [0.5, 0.6) is 0 Å². The van der Waals surface area contributed by atoms with Crippen molar-refractivity contribution >= 4 is 46.2 Å². The van der Waals surface area contributed by atoms with Crippen LogP contribution in [0.2, 0.25) is 0 Å². The van der Waals surface area contributed by atoms with Crippen molar-refractivity contribution in [3.63, 3.8) is 0 Å². The predicted octanol–water partition coefficient (Wildman–Crippen LogP) is 8.24. The average Bonchev–Trinajstić information content (AvgIpc) is 2.59. The molecule has 0 radical (unpaired) electrons. The molecule has 3 nitrogen and oxygen atoms in total. The molecule has 0 rings (SSSR count). The van der Waals surface area contributed by atoms with Crippen molar-refractivity contribution in [2.24, 2.45) is 0 Å². The molecule has 0 fully saturated rings. The maximum atomic E-state index is 8.63. The predicted molar refractivity (Wildman–Crippen MR) is 116 cm³/mol. The Morgan fingerprint density at radius 1 is 0.630 bits per heavy atom. The van der Waals surface area contributed by atoms with E-state index in [1.165, 1.54) is 83.5 Å². The van der Waals surface area contributed by atoms with Crippen LogP contribution in [0, 0.1) is 0 Å². The first-order chi connectivity index (χ1) is 12.6. The molecule has 0 atom stereocenters. The number of hydrogen-bond donors (Lipinski definition) is 1. The van der Waals surface area contributed by atoms with E-state index in [2.05, 4.69) is 6.92 Å². The standard InChI is InChI=1S/C18H36O2.4ClH.2Cr.H2O/c1-2-3-4-5-6-7-8-9-10-11-12-13-14-15-16-17-18(19)20;;;;;;;/h2-17H2,1H3,(H,19,20);4*1H;;;1H2/q;;;;;2*+2;/p-3. The molecular weight excluding hydrogens is 510 g/mol. The van der Waals surface area contributed by atoms with Gasteiger partial charge in [0.1, 0.15) is 6.42 Å². The van der Waals surface area contributed by atoms with Gasteiger partial charge in [-0.05, 0) is 6.42 Å². The molecule has 0 saturated heterocycles. The van der Waals surface area contributed by atoms with Crippen LogP contribution in [-0.2, 0) is 26.8 Å².